The predicted octanol–water partition coefficient (Wildman–Crippen LogP) is 0.729. The first-order valence-corrected chi connectivity index (χ1v) is 6.28. The van der Waals surface area contributed by atoms with Crippen molar-refractivity contribution in [3.63, 3.8) is 0 Å². The van der Waals surface area contributed by atoms with Crippen molar-refractivity contribution in [2.45, 2.75) is 20.4 Å². The maximum absolute atomic E-state index is 11.0. The number of benzene rings is 1. The molecule has 4 N–H and O–H groups in total. The third kappa shape index (κ3) is 5.52. The summed E-state index contributed by atoms with van der Waals surface area (Å²) in [6, 6.07) is 7.06. The quantitative estimate of drug-likeness (QED) is 0.760. The van der Waals surface area contributed by atoms with Gasteiger partial charge >= 0.3 is 0 Å². The number of hydrogen-bond donors (Lipinski definition) is 2. The van der Waals surface area contributed by atoms with E-state index in [4.69, 9.17) is 11.5 Å². The molecule has 0 aliphatic carbocycles. The number of primary amides is 2. The molecule has 0 spiro atoms. The molecular formula is C14H21N3O2. The van der Waals surface area contributed by atoms with Gasteiger partial charge in [0.25, 0.3) is 0 Å². The molecule has 5 nitrogen and oxygen atoms in total. The molecule has 5 heteroatoms. The average Bonchev–Trinajstić information content (AvgIpc) is 2.27. The lowest BCUT2D eigenvalue weighted by Gasteiger charge is -2.22. The SMILES string of the molecule is CC(C)CN(CC(N)=O)Cc1ccc(C(N)=O)cc1. The molecule has 0 aliphatic rings. The summed E-state index contributed by atoms with van der Waals surface area (Å²) in [5.74, 6) is -0.332. The fourth-order valence-corrected chi connectivity index (χ4v) is 1.95. The van der Waals surface area contributed by atoms with Crippen molar-refractivity contribution in [2.75, 3.05) is 13.1 Å². The summed E-state index contributed by atoms with van der Waals surface area (Å²) >= 11 is 0. The second-order valence-electron chi connectivity index (χ2n) is 5.09. The van der Waals surface area contributed by atoms with Gasteiger partial charge in [-0.1, -0.05) is 26.0 Å². The maximum atomic E-state index is 11.0. The highest BCUT2D eigenvalue weighted by atomic mass is 16.1. The van der Waals surface area contributed by atoms with Crippen LogP contribution in [0.4, 0.5) is 0 Å². The van der Waals surface area contributed by atoms with Crippen molar-refractivity contribution < 1.29 is 9.59 Å². The van der Waals surface area contributed by atoms with Crippen LogP contribution in [0.5, 0.6) is 0 Å². The van der Waals surface area contributed by atoms with Gasteiger partial charge in [-0.25, -0.2) is 0 Å². The largest absolute Gasteiger partial charge is 0.369 e. The maximum Gasteiger partial charge on any atom is 0.248 e. The van der Waals surface area contributed by atoms with Crippen LogP contribution in [0.25, 0.3) is 0 Å². The van der Waals surface area contributed by atoms with Crippen molar-refractivity contribution >= 4 is 11.8 Å². The molecule has 104 valence electrons. The smallest absolute Gasteiger partial charge is 0.248 e. The molecule has 1 aromatic rings. The number of nitrogens with two attached hydrogens (primary N) is 2. The van der Waals surface area contributed by atoms with Crippen LogP contribution < -0.4 is 11.5 Å². The molecule has 1 rings (SSSR count). The van der Waals surface area contributed by atoms with Gasteiger partial charge in [-0.15, -0.1) is 0 Å². The lowest BCUT2D eigenvalue weighted by Crippen LogP contribution is -2.35. The van der Waals surface area contributed by atoms with Gasteiger partial charge in [-0.3, -0.25) is 14.5 Å². The van der Waals surface area contributed by atoms with Crippen LogP contribution in [0.2, 0.25) is 0 Å². The zero-order valence-electron chi connectivity index (χ0n) is 11.4. The van der Waals surface area contributed by atoms with Crippen molar-refractivity contribution in [3.05, 3.63) is 35.4 Å². The number of hydrogen-bond acceptors (Lipinski definition) is 3. The van der Waals surface area contributed by atoms with Gasteiger partial charge in [0.1, 0.15) is 0 Å². The lowest BCUT2D eigenvalue weighted by molar-refractivity contribution is -0.119. The standard InChI is InChI=1S/C14H21N3O2/c1-10(2)7-17(9-13(15)18)8-11-3-5-12(6-4-11)14(16)19/h3-6,10H,7-9H2,1-2H3,(H2,15,18)(H2,16,19). The average molecular weight is 263 g/mol. The van der Waals surface area contributed by atoms with Gasteiger partial charge in [0.2, 0.25) is 11.8 Å². The van der Waals surface area contributed by atoms with Crippen molar-refractivity contribution in [1.29, 1.82) is 0 Å². The summed E-state index contributed by atoms with van der Waals surface area (Å²) in [5, 5.41) is 0. The highest BCUT2D eigenvalue weighted by molar-refractivity contribution is 5.92. The number of nitrogens with zero attached hydrogens (tertiary/aromatic N) is 1. The van der Waals surface area contributed by atoms with Gasteiger partial charge < -0.3 is 11.5 Å². The molecule has 0 aliphatic heterocycles. The molecule has 0 bridgehead atoms. The Morgan fingerprint density at radius 2 is 1.74 bits per heavy atom. The molecule has 0 saturated heterocycles. The van der Waals surface area contributed by atoms with E-state index in [-0.39, 0.29) is 12.5 Å². The molecule has 19 heavy (non-hydrogen) atoms. The number of carbonyl (C=O) groups is 2. The minimum Gasteiger partial charge on any atom is -0.369 e. The van der Waals surface area contributed by atoms with Gasteiger partial charge in [-0.05, 0) is 23.6 Å². The summed E-state index contributed by atoms with van der Waals surface area (Å²) in [5.41, 5.74) is 11.9. The van der Waals surface area contributed by atoms with Crippen LogP contribution in [0.1, 0.15) is 29.8 Å². The van der Waals surface area contributed by atoms with E-state index < -0.39 is 5.91 Å². The molecule has 0 atom stereocenters. The van der Waals surface area contributed by atoms with Gasteiger partial charge in [0.05, 0.1) is 6.54 Å². The second-order valence-corrected chi connectivity index (χ2v) is 5.09. The fraction of sp³-hybridized carbons (Fsp3) is 0.429. The molecular weight excluding hydrogens is 242 g/mol. The van der Waals surface area contributed by atoms with Gasteiger partial charge in [0.15, 0.2) is 0 Å². The zero-order chi connectivity index (χ0) is 14.4. The van der Waals surface area contributed by atoms with E-state index in [1.54, 1.807) is 12.1 Å². The topological polar surface area (TPSA) is 89.4 Å². The Labute approximate surface area is 113 Å². The van der Waals surface area contributed by atoms with E-state index in [9.17, 15) is 9.59 Å². The van der Waals surface area contributed by atoms with Crippen LogP contribution in [-0.4, -0.2) is 29.8 Å². The minimum absolute atomic E-state index is 0.232. The summed E-state index contributed by atoms with van der Waals surface area (Å²) in [4.78, 5) is 24.0. The van der Waals surface area contributed by atoms with E-state index >= 15 is 0 Å². The van der Waals surface area contributed by atoms with Crippen LogP contribution in [0.3, 0.4) is 0 Å². The Bertz CT molecular complexity index is 441. The Kier molecular flexibility index (Phi) is 5.51. The minimum atomic E-state index is -0.442. The summed E-state index contributed by atoms with van der Waals surface area (Å²) in [6.45, 7) is 5.82. The van der Waals surface area contributed by atoms with Crippen molar-refractivity contribution in [1.82, 2.24) is 4.90 Å². The molecule has 0 unspecified atom stereocenters. The van der Waals surface area contributed by atoms with Crippen LogP contribution >= 0.6 is 0 Å². The third-order valence-corrected chi connectivity index (χ3v) is 2.65. The first-order valence-electron chi connectivity index (χ1n) is 6.28. The molecule has 0 heterocycles. The zero-order valence-corrected chi connectivity index (χ0v) is 11.4. The van der Waals surface area contributed by atoms with Gasteiger partial charge in [0, 0.05) is 18.7 Å². The highest BCUT2D eigenvalue weighted by Crippen LogP contribution is 2.09. The summed E-state index contributed by atoms with van der Waals surface area (Å²) in [6.07, 6.45) is 0. The molecule has 0 fully saturated rings. The first-order chi connectivity index (χ1) is 8.88. The van der Waals surface area contributed by atoms with E-state index in [0.717, 1.165) is 12.1 Å². The Morgan fingerprint density at radius 3 is 2.16 bits per heavy atom. The number of amides is 2. The first kappa shape index (κ1) is 15.2. The van der Waals surface area contributed by atoms with Crippen LogP contribution in [0, 0.1) is 5.92 Å². The van der Waals surface area contributed by atoms with E-state index in [1.807, 2.05) is 17.0 Å². The fourth-order valence-electron chi connectivity index (χ4n) is 1.95. The predicted molar refractivity (Wildman–Crippen MR) is 74.3 cm³/mol. The number of carbonyl (C=O) groups excluding carboxylic acids is 2. The second kappa shape index (κ2) is 6.89. The third-order valence-electron chi connectivity index (χ3n) is 2.65. The van der Waals surface area contributed by atoms with Crippen molar-refractivity contribution in [3.8, 4) is 0 Å². The molecule has 0 radical (unpaired) electrons. The normalized spacial score (nSPS) is 10.9. The van der Waals surface area contributed by atoms with E-state index in [2.05, 4.69) is 13.8 Å². The molecule has 1 aromatic carbocycles. The molecule has 0 saturated carbocycles. The Hall–Kier alpha value is -1.88. The Morgan fingerprint density at radius 1 is 1.16 bits per heavy atom. The van der Waals surface area contributed by atoms with Crippen LogP contribution in [-0.2, 0) is 11.3 Å². The van der Waals surface area contributed by atoms with E-state index in [1.165, 1.54) is 0 Å². The lowest BCUT2D eigenvalue weighted by atomic mass is 10.1. The highest BCUT2D eigenvalue weighted by Gasteiger charge is 2.11. The summed E-state index contributed by atoms with van der Waals surface area (Å²) in [7, 11) is 0. The van der Waals surface area contributed by atoms with Gasteiger partial charge in [-0.2, -0.15) is 0 Å². The Balaban J connectivity index is 2.72. The number of rotatable bonds is 7. The van der Waals surface area contributed by atoms with Crippen LogP contribution in [0.15, 0.2) is 24.3 Å². The monoisotopic (exact) mass is 263 g/mol. The van der Waals surface area contributed by atoms with Crippen molar-refractivity contribution in [2.24, 2.45) is 17.4 Å². The van der Waals surface area contributed by atoms with E-state index in [0.29, 0.717) is 18.0 Å². The summed E-state index contributed by atoms with van der Waals surface area (Å²) < 4.78 is 0. The molecule has 2 amide bonds. The molecule has 0 aromatic heterocycles.